The number of rotatable bonds is 4. The first-order chi connectivity index (χ1) is 8.27. The zero-order chi connectivity index (χ0) is 12.1. The summed E-state index contributed by atoms with van der Waals surface area (Å²) in [7, 11) is 3.96. The molecule has 1 N–H and O–H groups in total. The Kier molecular flexibility index (Phi) is 4.76. The van der Waals surface area contributed by atoms with Gasteiger partial charge in [0, 0.05) is 66.0 Å². The summed E-state index contributed by atoms with van der Waals surface area (Å²) in [6, 6.07) is 0. The molecule has 1 atom stereocenters. The van der Waals surface area contributed by atoms with Crippen LogP contribution in [0.15, 0.2) is 0 Å². The molecule has 0 aromatic rings. The predicted molar refractivity (Wildman–Crippen MR) is 68.2 cm³/mol. The minimum atomic E-state index is -0.0183. The van der Waals surface area contributed by atoms with E-state index >= 15 is 0 Å². The number of ether oxygens (including phenoxy) is 1. The van der Waals surface area contributed by atoms with Gasteiger partial charge in [-0.05, 0) is 7.05 Å². The normalized spacial score (nSPS) is 32.8. The number of nitrogens with one attached hydrogen (secondary N) is 1. The van der Waals surface area contributed by atoms with Crippen molar-refractivity contribution in [1.82, 2.24) is 20.4 Å². The van der Waals surface area contributed by atoms with E-state index in [0.717, 1.165) is 58.8 Å². The molecule has 0 aromatic carbocycles. The van der Waals surface area contributed by atoms with Crippen LogP contribution in [0.5, 0.6) is 0 Å². The molecule has 5 heteroatoms. The van der Waals surface area contributed by atoms with E-state index in [1.807, 2.05) is 0 Å². The van der Waals surface area contributed by atoms with Crippen LogP contribution >= 0.6 is 0 Å². The highest BCUT2D eigenvalue weighted by Gasteiger charge is 2.39. The van der Waals surface area contributed by atoms with Crippen molar-refractivity contribution in [3.63, 3.8) is 0 Å². The first-order valence-corrected chi connectivity index (χ1v) is 6.59. The van der Waals surface area contributed by atoms with Gasteiger partial charge in [0.1, 0.15) is 5.66 Å². The lowest BCUT2D eigenvalue weighted by Crippen LogP contribution is -2.68. The minimum absolute atomic E-state index is 0.0183. The van der Waals surface area contributed by atoms with Crippen LogP contribution in [0.25, 0.3) is 0 Å². The van der Waals surface area contributed by atoms with Crippen molar-refractivity contribution in [2.24, 2.45) is 0 Å². The third kappa shape index (κ3) is 3.17. The van der Waals surface area contributed by atoms with Crippen LogP contribution in [0.4, 0.5) is 0 Å². The van der Waals surface area contributed by atoms with Crippen LogP contribution < -0.4 is 10.6 Å². The fraction of sp³-hybridized carbons (Fsp3) is 1.00. The smallest absolute Gasteiger partial charge is 0.102 e. The molecule has 1 unspecified atom stereocenters. The monoisotopic (exact) mass is 241 g/mol. The molecule has 0 bridgehead atoms. The average Bonchev–Trinajstić information content (AvgIpc) is 2.38. The van der Waals surface area contributed by atoms with E-state index < -0.39 is 0 Å². The second-order valence-electron chi connectivity index (χ2n) is 5.07. The van der Waals surface area contributed by atoms with E-state index in [2.05, 4.69) is 22.2 Å². The highest BCUT2D eigenvalue weighted by atomic mass is 16.5. The predicted octanol–water partition coefficient (Wildman–Crippen LogP) is -0.826. The van der Waals surface area contributed by atoms with Gasteiger partial charge in [0.2, 0.25) is 0 Å². The van der Waals surface area contributed by atoms with Crippen LogP contribution in [0.2, 0.25) is 0 Å². The number of hydrogen-bond donors (Lipinski definition) is 1. The lowest BCUT2D eigenvalue weighted by atomic mass is 10.0. The fourth-order valence-electron chi connectivity index (χ4n) is 2.71. The Morgan fingerprint density at radius 2 is 2.06 bits per heavy atom. The number of nitrogens with zero attached hydrogens (tertiary/aromatic N) is 3. The van der Waals surface area contributed by atoms with Gasteiger partial charge in [0.15, 0.2) is 0 Å². The molecule has 2 heterocycles. The molecule has 2 saturated heterocycles. The van der Waals surface area contributed by atoms with Gasteiger partial charge in [-0.15, -0.1) is 0 Å². The summed E-state index contributed by atoms with van der Waals surface area (Å²) in [6.07, 6.45) is 1.00. The molecule has 0 spiro atoms. The maximum atomic E-state index is 5.26. The van der Waals surface area contributed by atoms with Gasteiger partial charge in [-0.1, -0.05) is 0 Å². The van der Waals surface area contributed by atoms with E-state index in [0.29, 0.717) is 0 Å². The molecule has 2 aliphatic heterocycles. The zero-order valence-electron chi connectivity index (χ0n) is 11.1. The van der Waals surface area contributed by atoms with E-state index in [9.17, 15) is 0 Å². The summed E-state index contributed by atoms with van der Waals surface area (Å²) in [4.78, 5) is 4.93. The van der Waals surface area contributed by atoms with Crippen molar-refractivity contribution in [3.8, 4) is 0 Å². The third-order valence-corrected chi connectivity index (χ3v) is 3.90. The molecule has 2 rings (SSSR count). The van der Waals surface area contributed by atoms with Gasteiger partial charge >= 0.3 is 0 Å². The summed E-state index contributed by atoms with van der Waals surface area (Å²) >= 11 is 0. The molecule has 17 heavy (non-hydrogen) atoms. The van der Waals surface area contributed by atoms with Crippen molar-refractivity contribution in [3.05, 3.63) is 0 Å². The highest BCUT2D eigenvalue weighted by molar-refractivity contribution is 4.94. The van der Waals surface area contributed by atoms with Gasteiger partial charge in [0.25, 0.3) is 0 Å². The molecule has 0 amide bonds. The maximum absolute atomic E-state index is 5.26. The largest absolute Gasteiger partial charge is 0.385 e. The molecule has 0 saturated carbocycles. The summed E-state index contributed by atoms with van der Waals surface area (Å²) in [5.74, 6) is 0. The Bertz CT molecular complexity index is 223. The lowest BCUT2D eigenvalue weighted by molar-refractivity contribution is -0.0167. The molecule has 1 radical (unpaired) electrons. The van der Waals surface area contributed by atoms with Crippen molar-refractivity contribution in [2.45, 2.75) is 12.1 Å². The summed E-state index contributed by atoms with van der Waals surface area (Å²) in [6.45, 7) is 8.22. The molecular weight excluding hydrogens is 216 g/mol. The molecule has 99 valence electrons. The van der Waals surface area contributed by atoms with Crippen LogP contribution in [0, 0.1) is 0 Å². The molecule has 2 fully saturated rings. The minimum Gasteiger partial charge on any atom is -0.385 e. The average molecular weight is 241 g/mol. The third-order valence-electron chi connectivity index (χ3n) is 3.90. The summed E-state index contributed by atoms with van der Waals surface area (Å²) in [5.41, 5.74) is -0.0183. The zero-order valence-corrected chi connectivity index (χ0v) is 11.1. The molecular formula is C12H25N4O. The Morgan fingerprint density at radius 3 is 2.65 bits per heavy atom. The number of hydrogen-bond acceptors (Lipinski definition) is 4. The second kappa shape index (κ2) is 6.11. The Balaban J connectivity index is 1.98. The maximum Gasteiger partial charge on any atom is 0.102 e. The van der Waals surface area contributed by atoms with Gasteiger partial charge < -0.3 is 15.0 Å². The fourth-order valence-corrected chi connectivity index (χ4v) is 2.71. The Labute approximate surface area is 104 Å². The number of likely N-dealkylation sites (N-methyl/N-ethyl adjacent to an activating group) is 1. The van der Waals surface area contributed by atoms with Gasteiger partial charge in [-0.2, -0.15) is 0 Å². The molecule has 0 aliphatic carbocycles. The first kappa shape index (κ1) is 13.2. The van der Waals surface area contributed by atoms with Gasteiger partial charge in [-0.3, -0.25) is 4.90 Å². The van der Waals surface area contributed by atoms with E-state index in [4.69, 9.17) is 10.1 Å². The van der Waals surface area contributed by atoms with Gasteiger partial charge in [-0.25, -0.2) is 5.32 Å². The van der Waals surface area contributed by atoms with Gasteiger partial charge in [0.05, 0.1) is 0 Å². The summed E-state index contributed by atoms with van der Waals surface area (Å²) < 4.78 is 5.26. The van der Waals surface area contributed by atoms with Crippen molar-refractivity contribution in [2.75, 3.05) is 66.6 Å². The Morgan fingerprint density at radius 1 is 1.29 bits per heavy atom. The first-order valence-electron chi connectivity index (χ1n) is 6.59. The molecule has 2 aliphatic rings. The van der Waals surface area contributed by atoms with Crippen molar-refractivity contribution < 1.29 is 4.74 Å². The van der Waals surface area contributed by atoms with E-state index in [1.165, 1.54) is 0 Å². The van der Waals surface area contributed by atoms with Crippen LogP contribution in [0.1, 0.15) is 6.42 Å². The van der Waals surface area contributed by atoms with Crippen LogP contribution in [-0.4, -0.2) is 82.0 Å². The van der Waals surface area contributed by atoms with E-state index in [1.54, 1.807) is 7.11 Å². The van der Waals surface area contributed by atoms with Crippen LogP contribution in [0.3, 0.4) is 0 Å². The Hall–Kier alpha value is -0.200. The van der Waals surface area contributed by atoms with Crippen molar-refractivity contribution in [1.29, 1.82) is 0 Å². The number of piperazine rings is 2. The summed E-state index contributed by atoms with van der Waals surface area (Å²) in [5, 5.41) is 8.40. The van der Waals surface area contributed by atoms with Crippen LogP contribution in [-0.2, 0) is 4.74 Å². The highest BCUT2D eigenvalue weighted by Crippen LogP contribution is 2.21. The number of methoxy groups -OCH3 is 1. The topological polar surface area (TPSA) is 41.8 Å². The standard InChI is InChI=1S/C12H25N4O/c1-15-6-8-16(9-7-15)12(3-10-17-2)11-13-4-5-14-12/h13H,3-11H2,1-2H3. The quantitative estimate of drug-likeness (QED) is 0.698. The molecule has 0 aromatic heterocycles. The van der Waals surface area contributed by atoms with Crippen molar-refractivity contribution >= 4 is 0 Å². The van der Waals surface area contributed by atoms with E-state index in [-0.39, 0.29) is 5.66 Å². The lowest BCUT2D eigenvalue weighted by Gasteiger charge is -2.48. The second-order valence-corrected chi connectivity index (χ2v) is 5.07. The SMILES string of the molecule is COCCC1(N2CCN(C)CC2)CNCC[N]1. The molecule has 5 nitrogen and oxygen atoms in total.